The van der Waals surface area contributed by atoms with E-state index in [0.29, 0.717) is 11.5 Å². The summed E-state index contributed by atoms with van der Waals surface area (Å²) in [7, 11) is 0. The molecule has 21 heavy (non-hydrogen) atoms. The first-order valence-electron chi connectivity index (χ1n) is 8.51. The van der Waals surface area contributed by atoms with Crippen LogP contribution < -0.4 is 5.32 Å². The van der Waals surface area contributed by atoms with Crippen molar-refractivity contribution in [2.45, 2.75) is 44.2 Å². The lowest BCUT2D eigenvalue weighted by Crippen LogP contribution is -2.61. The summed E-state index contributed by atoms with van der Waals surface area (Å²) in [6.45, 7) is 7.21. The van der Waals surface area contributed by atoms with Crippen molar-refractivity contribution in [3.8, 4) is 0 Å². The van der Waals surface area contributed by atoms with Gasteiger partial charge >= 0.3 is 0 Å². The molecule has 2 nitrogen and oxygen atoms in total. The van der Waals surface area contributed by atoms with Gasteiger partial charge in [0, 0.05) is 29.7 Å². The minimum Gasteiger partial charge on any atom is -0.381 e. The van der Waals surface area contributed by atoms with Gasteiger partial charge in [0.1, 0.15) is 0 Å². The molecule has 0 radical (unpaired) electrons. The van der Waals surface area contributed by atoms with Gasteiger partial charge in [-0.15, -0.1) is 0 Å². The maximum Gasteiger partial charge on any atom is 0.0405 e. The molecule has 4 aliphatic rings. The summed E-state index contributed by atoms with van der Waals surface area (Å²) < 4.78 is 0. The molecule has 2 heteroatoms. The number of rotatable bonds is 0. The van der Waals surface area contributed by atoms with Crippen LogP contribution in [0.25, 0.3) is 0 Å². The predicted molar refractivity (Wildman–Crippen MR) is 86.5 cm³/mol. The first-order valence-corrected chi connectivity index (χ1v) is 8.51. The number of nitrogens with zero attached hydrogens (tertiary/aromatic N) is 1. The van der Waals surface area contributed by atoms with Gasteiger partial charge in [-0.3, -0.25) is 4.90 Å². The molecule has 5 unspecified atom stereocenters. The zero-order valence-corrected chi connectivity index (χ0v) is 13.0. The zero-order chi connectivity index (χ0) is 14.2. The van der Waals surface area contributed by atoms with E-state index in [1.54, 1.807) is 11.1 Å². The van der Waals surface area contributed by atoms with Gasteiger partial charge < -0.3 is 5.32 Å². The van der Waals surface area contributed by atoms with E-state index in [1.165, 1.54) is 31.6 Å². The van der Waals surface area contributed by atoms with Crippen molar-refractivity contribution in [3.05, 3.63) is 41.5 Å². The molecular weight excluding hydrogens is 256 g/mol. The molecule has 2 saturated heterocycles. The largest absolute Gasteiger partial charge is 0.381 e. The molecule has 5 rings (SSSR count). The average Bonchev–Trinajstić information content (AvgIpc) is 3.07. The second kappa shape index (κ2) is 3.92. The minimum absolute atomic E-state index is 0.381. The summed E-state index contributed by atoms with van der Waals surface area (Å²) in [5.41, 5.74) is 5.08. The Morgan fingerprint density at radius 1 is 1.33 bits per heavy atom. The second-order valence-electron chi connectivity index (χ2n) is 7.51. The van der Waals surface area contributed by atoms with Gasteiger partial charge in [0.2, 0.25) is 0 Å². The molecule has 3 fully saturated rings. The fourth-order valence-electron chi connectivity index (χ4n) is 6.12. The lowest BCUT2D eigenvalue weighted by Gasteiger charge is -2.54. The van der Waals surface area contributed by atoms with Crippen LogP contribution >= 0.6 is 0 Å². The monoisotopic (exact) mass is 280 g/mol. The zero-order valence-electron chi connectivity index (χ0n) is 13.0. The molecule has 110 valence electrons. The highest BCUT2D eigenvalue weighted by atomic mass is 15.2. The molecule has 1 N–H and O–H groups in total. The van der Waals surface area contributed by atoms with Gasteiger partial charge in [-0.2, -0.15) is 0 Å². The molecule has 1 aromatic rings. The summed E-state index contributed by atoms with van der Waals surface area (Å²) in [6.07, 6.45) is 5.10. The molecular formula is C19H24N2. The van der Waals surface area contributed by atoms with Crippen LogP contribution in [0.1, 0.15) is 32.3 Å². The van der Waals surface area contributed by atoms with Crippen molar-refractivity contribution in [2.24, 2.45) is 11.8 Å². The standard InChI is InChI=1S/C19H24N2/c1-3-13-11-21-9-8-19-15-6-4-5-7-16(15)20-18(19)12(2)14(13)10-17(19)21/h3-7,12,14,17-18,20H,8-11H2,1-2H3. The van der Waals surface area contributed by atoms with Gasteiger partial charge in [-0.05, 0) is 49.8 Å². The van der Waals surface area contributed by atoms with Gasteiger partial charge in [-0.25, -0.2) is 0 Å². The lowest BCUT2D eigenvalue weighted by molar-refractivity contribution is 0.0642. The van der Waals surface area contributed by atoms with Crippen molar-refractivity contribution < 1.29 is 0 Å². The number of hydrogen-bond donors (Lipinski definition) is 1. The minimum atomic E-state index is 0.381. The third-order valence-electron chi connectivity index (χ3n) is 7.01. The Bertz CT molecular complexity index is 634. The van der Waals surface area contributed by atoms with Crippen LogP contribution in [0.15, 0.2) is 35.9 Å². The highest BCUT2D eigenvalue weighted by Crippen LogP contribution is 2.60. The Labute approximate surface area is 127 Å². The van der Waals surface area contributed by atoms with Crippen molar-refractivity contribution >= 4 is 5.69 Å². The normalized spacial score (nSPS) is 45.3. The van der Waals surface area contributed by atoms with Gasteiger partial charge in [-0.1, -0.05) is 36.8 Å². The smallest absolute Gasteiger partial charge is 0.0405 e. The number of hydrogen-bond acceptors (Lipinski definition) is 2. The van der Waals surface area contributed by atoms with E-state index in [2.05, 4.69) is 54.4 Å². The van der Waals surface area contributed by atoms with Crippen molar-refractivity contribution in [2.75, 3.05) is 18.4 Å². The molecule has 3 aliphatic heterocycles. The van der Waals surface area contributed by atoms with Crippen LogP contribution in [0.2, 0.25) is 0 Å². The fraction of sp³-hybridized carbons (Fsp3) is 0.579. The van der Waals surface area contributed by atoms with E-state index in [-0.39, 0.29) is 0 Å². The quantitative estimate of drug-likeness (QED) is 0.733. The van der Waals surface area contributed by atoms with E-state index in [1.807, 2.05) is 0 Å². The number of benzene rings is 1. The number of allylic oxidation sites excluding steroid dienone is 1. The van der Waals surface area contributed by atoms with Crippen molar-refractivity contribution in [1.29, 1.82) is 0 Å². The summed E-state index contributed by atoms with van der Waals surface area (Å²) >= 11 is 0. The highest BCUT2D eigenvalue weighted by molar-refractivity contribution is 5.64. The third kappa shape index (κ3) is 1.29. The van der Waals surface area contributed by atoms with Crippen LogP contribution in [0.3, 0.4) is 0 Å². The number of anilines is 1. The van der Waals surface area contributed by atoms with Gasteiger partial charge in [0.05, 0.1) is 0 Å². The van der Waals surface area contributed by atoms with Crippen LogP contribution in [0, 0.1) is 11.8 Å². The maximum atomic E-state index is 3.92. The molecule has 0 aromatic heterocycles. The molecule has 2 bridgehead atoms. The summed E-state index contributed by atoms with van der Waals surface area (Å²) in [5.74, 6) is 1.52. The van der Waals surface area contributed by atoms with E-state index in [9.17, 15) is 0 Å². The summed E-state index contributed by atoms with van der Waals surface area (Å²) in [6, 6.07) is 10.5. The SMILES string of the molecule is CC=C1CN2CCC34c5ccccc5NC3C(C)C1CC24. The topological polar surface area (TPSA) is 15.3 Å². The van der Waals surface area contributed by atoms with Crippen LogP contribution in [0.5, 0.6) is 0 Å². The number of piperidine rings is 1. The van der Waals surface area contributed by atoms with Crippen LogP contribution in [-0.4, -0.2) is 30.1 Å². The Morgan fingerprint density at radius 3 is 3.05 bits per heavy atom. The van der Waals surface area contributed by atoms with E-state index >= 15 is 0 Å². The summed E-state index contributed by atoms with van der Waals surface area (Å²) in [4.78, 5) is 2.77. The first-order chi connectivity index (χ1) is 10.3. The first kappa shape index (κ1) is 12.3. The van der Waals surface area contributed by atoms with Crippen molar-refractivity contribution in [3.63, 3.8) is 0 Å². The Hall–Kier alpha value is -1.28. The molecule has 1 spiro atoms. The Morgan fingerprint density at radius 2 is 2.19 bits per heavy atom. The number of nitrogens with one attached hydrogen (secondary N) is 1. The van der Waals surface area contributed by atoms with Gasteiger partial charge in [0.25, 0.3) is 0 Å². The molecule has 1 saturated carbocycles. The fourth-order valence-corrected chi connectivity index (χ4v) is 6.12. The van der Waals surface area contributed by atoms with E-state index in [4.69, 9.17) is 0 Å². The van der Waals surface area contributed by atoms with Crippen LogP contribution in [-0.2, 0) is 5.41 Å². The van der Waals surface area contributed by atoms with Crippen LogP contribution in [0.4, 0.5) is 5.69 Å². The Kier molecular flexibility index (Phi) is 2.29. The highest BCUT2D eigenvalue weighted by Gasteiger charge is 2.64. The molecule has 5 atom stereocenters. The molecule has 1 aromatic carbocycles. The molecule has 0 amide bonds. The van der Waals surface area contributed by atoms with Crippen molar-refractivity contribution in [1.82, 2.24) is 4.90 Å². The lowest BCUT2D eigenvalue weighted by atomic mass is 9.56. The number of fused-ring (bicyclic) bond motifs is 2. The Balaban J connectivity index is 1.71. The van der Waals surface area contributed by atoms with Gasteiger partial charge in [0.15, 0.2) is 0 Å². The predicted octanol–water partition coefficient (Wildman–Crippen LogP) is 3.41. The second-order valence-corrected chi connectivity index (χ2v) is 7.51. The summed E-state index contributed by atoms with van der Waals surface area (Å²) in [5, 5.41) is 3.92. The van der Waals surface area contributed by atoms with E-state index < -0.39 is 0 Å². The average molecular weight is 280 g/mol. The molecule has 3 heterocycles. The maximum absolute atomic E-state index is 3.92. The van der Waals surface area contributed by atoms with E-state index in [0.717, 1.165) is 17.9 Å². The molecule has 1 aliphatic carbocycles. The third-order valence-corrected chi connectivity index (χ3v) is 7.01. The number of para-hydroxylation sites is 1.